The van der Waals surface area contributed by atoms with Crippen molar-refractivity contribution >= 4 is 30.1 Å². The van der Waals surface area contributed by atoms with Crippen LogP contribution >= 0.6 is 18.2 Å². The summed E-state index contributed by atoms with van der Waals surface area (Å²) in [5.41, 5.74) is 0. The van der Waals surface area contributed by atoms with Crippen molar-refractivity contribution in [3.63, 3.8) is 0 Å². The molecule has 0 amide bonds. The molecular formula is C16H22ClN8O3P. The van der Waals surface area contributed by atoms with Gasteiger partial charge in [0, 0.05) is 88.4 Å². The Balaban J connectivity index is 1.22. The Morgan fingerprint density at radius 3 is 1.38 bits per heavy atom. The summed E-state index contributed by atoms with van der Waals surface area (Å²) in [5, 5.41) is 3.14. The van der Waals surface area contributed by atoms with E-state index in [0.717, 1.165) is 0 Å². The minimum Gasteiger partial charge on any atom is -0.338 e. The van der Waals surface area contributed by atoms with E-state index in [4.69, 9.17) is 20.5 Å². The molecule has 29 heavy (non-hydrogen) atoms. The second kappa shape index (κ2) is 9.29. The monoisotopic (exact) mass is 440 g/mol. The van der Waals surface area contributed by atoms with Gasteiger partial charge in [0.05, 0.1) is 0 Å². The lowest BCUT2D eigenvalue weighted by atomic mass is 10.4. The van der Waals surface area contributed by atoms with Gasteiger partial charge in [0.25, 0.3) is 0 Å². The number of hydrogen-bond acceptors (Lipinski definition) is 11. The molecule has 0 bridgehead atoms. The highest BCUT2D eigenvalue weighted by molar-refractivity contribution is 7.81. The van der Waals surface area contributed by atoms with Gasteiger partial charge in [0.2, 0.25) is 11.9 Å². The molecule has 0 atom stereocenters. The fraction of sp³-hybridized carbons (Fsp3) is 0.500. The van der Waals surface area contributed by atoms with E-state index >= 15 is 0 Å². The van der Waals surface area contributed by atoms with Crippen LogP contribution in [0.3, 0.4) is 0 Å². The van der Waals surface area contributed by atoms with Crippen molar-refractivity contribution in [2.75, 3.05) is 62.2 Å². The lowest BCUT2D eigenvalue weighted by molar-refractivity contribution is -0.120. The molecular weight excluding hydrogens is 419 g/mol. The summed E-state index contributed by atoms with van der Waals surface area (Å²) in [7, 11) is 0. The van der Waals surface area contributed by atoms with Gasteiger partial charge >= 0.3 is 6.95 Å². The summed E-state index contributed by atoms with van der Waals surface area (Å²) in [6, 6.07) is 3.55. The van der Waals surface area contributed by atoms with Gasteiger partial charge in [-0.1, -0.05) is 0 Å². The predicted molar refractivity (Wildman–Crippen MR) is 107 cm³/mol. The number of aromatic nitrogens is 4. The van der Waals surface area contributed by atoms with Gasteiger partial charge in [0.1, 0.15) is 0 Å². The van der Waals surface area contributed by atoms with Crippen LogP contribution in [0.2, 0.25) is 0 Å². The smallest absolute Gasteiger partial charge is 0.338 e. The molecule has 0 unspecified atom stereocenters. The molecule has 156 valence electrons. The van der Waals surface area contributed by atoms with E-state index in [0.29, 0.717) is 64.3 Å². The lowest BCUT2D eigenvalue weighted by Gasteiger charge is -2.36. The zero-order valence-electron chi connectivity index (χ0n) is 15.7. The first-order chi connectivity index (χ1) is 14.1. The van der Waals surface area contributed by atoms with Crippen LogP contribution in [0.5, 0.6) is 0 Å². The third-order valence-corrected chi connectivity index (χ3v) is 5.80. The number of rotatable bonds is 6. The Labute approximate surface area is 173 Å². The van der Waals surface area contributed by atoms with Crippen molar-refractivity contribution < 1.29 is 13.8 Å². The zero-order valence-corrected chi connectivity index (χ0v) is 17.4. The van der Waals surface area contributed by atoms with Crippen LogP contribution in [0.25, 0.3) is 0 Å². The highest BCUT2D eigenvalue weighted by Gasteiger charge is 2.33. The maximum Gasteiger partial charge on any atom is 0.457 e. The van der Waals surface area contributed by atoms with Crippen molar-refractivity contribution in [3.05, 3.63) is 36.9 Å². The fourth-order valence-electron chi connectivity index (χ4n) is 3.14. The van der Waals surface area contributed by atoms with E-state index in [9.17, 15) is 4.57 Å². The normalized spacial score (nSPS) is 19.5. The maximum absolute atomic E-state index is 12.6. The van der Waals surface area contributed by atoms with Crippen LogP contribution in [0.1, 0.15) is 0 Å². The molecule has 2 aromatic rings. The first kappa shape index (κ1) is 20.4. The molecule has 2 saturated heterocycles. The molecule has 2 aromatic heterocycles. The summed E-state index contributed by atoms with van der Waals surface area (Å²) in [4.78, 5) is 21.0. The van der Waals surface area contributed by atoms with Gasteiger partial charge in [-0.25, -0.2) is 33.7 Å². The quantitative estimate of drug-likeness (QED) is 0.609. The molecule has 0 aromatic carbocycles. The van der Waals surface area contributed by atoms with Gasteiger partial charge in [-0.05, 0) is 12.1 Å². The van der Waals surface area contributed by atoms with E-state index in [1.54, 1.807) is 47.0 Å². The summed E-state index contributed by atoms with van der Waals surface area (Å²) in [5.74, 6) is 1.33. The summed E-state index contributed by atoms with van der Waals surface area (Å²) in [6.45, 7) is 0.799. The number of anilines is 2. The van der Waals surface area contributed by atoms with Crippen LogP contribution in [-0.2, 0) is 13.8 Å². The molecule has 4 heterocycles. The first-order valence-electron chi connectivity index (χ1n) is 9.32. The average molecular weight is 441 g/mol. The lowest BCUT2D eigenvalue weighted by Crippen LogP contribution is -2.47. The summed E-state index contributed by atoms with van der Waals surface area (Å²) in [6.07, 6.45) is 6.82. The summed E-state index contributed by atoms with van der Waals surface area (Å²) < 4.78 is 23.5. The standard InChI is InChI=1S/C16H22ClN8O3P/c17-29(26,27-24-11-7-22(8-12-24)15-18-3-1-4-19-15)28-25-13-9-23(10-14-25)16-20-5-2-6-21-16/h1-6H,7-14H2. The van der Waals surface area contributed by atoms with E-state index in [1.807, 2.05) is 9.80 Å². The number of piperazine rings is 2. The highest BCUT2D eigenvalue weighted by Crippen LogP contribution is 2.55. The Hall–Kier alpha value is -1.88. The van der Waals surface area contributed by atoms with Gasteiger partial charge in [-0.3, -0.25) is 0 Å². The number of nitrogens with zero attached hydrogens (tertiary/aromatic N) is 8. The topological polar surface area (TPSA) is 100 Å². The molecule has 0 N–H and O–H groups in total. The van der Waals surface area contributed by atoms with Crippen molar-refractivity contribution in [2.24, 2.45) is 0 Å². The van der Waals surface area contributed by atoms with E-state index < -0.39 is 6.95 Å². The van der Waals surface area contributed by atoms with E-state index in [2.05, 4.69) is 19.9 Å². The minimum atomic E-state index is -3.79. The van der Waals surface area contributed by atoms with Gasteiger partial charge in [-0.15, -0.1) is 0 Å². The van der Waals surface area contributed by atoms with E-state index in [1.165, 1.54) is 0 Å². The average Bonchev–Trinajstić information content (AvgIpc) is 2.75. The molecule has 0 aliphatic carbocycles. The second-order valence-corrected chi connectivity index (χ2v) is 8.95. The number of hydroxylamine groups is 4. The third kappa shape index (κ3) is 5.59. The molecule has 0 spiro atoms. The van der Waals surface area contributed by atoms with Gasteiger partial charge in [0.15, 0.2) is 0 Å². The van der Waals surface area contributed by atoms with E-state index in [-0.39, 0.29) is 0 Å². The van der Waals surface area contributed by atoms with Crippen LogP contribution < -0.4 is 9.80 Å². The Morgan fingerprint density at radius 2 is 1.03 bits per heavy atom. The van der Waals surface area contributed by atoms with Crippen molar-refractivity contribution in [3.8, 4) is 0 Å². The summed E-state index contributed by atoms with van der Waals surface area (Å²) >= 11 is 6.06. The molecule has 0 saturated carbocycles. The zero-order chi connectivity index (χ0) is 20.1. The first-order valence-corrected chi connectivity index (χ1v) is 11.8. The minimum absolute atomic E-state index is 0.511. The Kier molecular flexibility index (Phi) is 6.53. The third-order valence-electron chi connectivity index (χ3n) is 4.57. The maximum atomic E-state index is 12.6. The predicted octanol–water partition coefficient (Wildman–Crippen LogP) is 1.42. The molecule has 2 aliphatic rings. The second-order valence-electron chi connectivity index (χ2n) is 6.52. The molecule has 2 aliphatic heterocycles. The van der Waals surface area contributed by atoms with Crippen LogP contribution in [0.15, 0.2) is 36.9 Å². The highest BCUT2D eigenvalue weighted by atomic mass is 35.7. The molecule has 4 rings (SSSR count). The van der Waals surface area contributed by atoms with Crippen LogP contribution in [0.4, 0.5) is 11.9 Å². The Bertz CT molecular complexity index is 754. The SMILES string of the molecule is O=P(Cl)(ON1CCN(c2ncccn2)CC1)ON1CCN(c2ncccn2)CC1. The number of hydrogen-bond donors (Lipinski definition) is 0. The van der Waals surface area contributed by atoms with Crippen LogP contribution in [-0.4, -0.2) is 82.4 Å². The largest absolute Gasteiger partial charge is 0.457 e. The molecule has 13 heteroatoms. The van der Waals surface area contributed by atoms with Crippen molar-refractivity contribution in [1.29, 1.82) is 0 Å². The van der Waals surface area contributed by atoms with Gasteiger partial charge < -0.3 is 9.80 Å². The Morgan fingerprint density at radius 1 is 0.690 bits per heavy atom. The van der Waals surface area contributed by atoms with Crippen molar-refractivity contribution in [1.82, 2.24) is 30.1 Å². The van der Waals surface area contributed by atoms with Crippen LogP contribution in [0, 0.1) is 0 Å². The number of halogens is 1. The van der Waals surface area contributed by atoms with Crippen molar-refractivity contribution in [2.45, 2.75) is 0 Å². The molecule has 0 radical (unpaired) electrons. The molecule has 2 fully saturated rings. The molecule has 11 nitrogen and oxygen atoms in total. The van der Waals surface area contributed by atoms with Gasteiger partial charge in [-0.2, -0.15) is 10.1 Å². The fourth-order valence-corrected chi connectivity index (χ4v) is 4.57.